The van der Waals surface area contributed by atoms with Gasteiger partial charge in [0.05, 0.1) is 17.0 Å². The van der Waals surface area contributed by atoms with Gasteiger partial charge in [-0.15, -0.1) is 11.3 Å². The van der Waals surface area contributed by atoms with Crippen molar-refractivity contribution in [3.63, 3.8) is 0 Å². The van der Waals surface area contributed by atoms with Crippen molar-refractivity contribution < 1.29 is 31.5 Å². The number of likely N-dealkylation sites (tertiary alicyclic amines) is 1. The highest BCUT2D eigenvalue weighted by molar-refractivity contribution is 7.89. The lowest BCUT2D eigenvalue weighted by molar-refractivity contribution is -0.192. The minimum atomic E-state index is -5.08. The summed E-state index contributed by atoms with van der Waals surface area (Å²) in [6.07, 6.45) is -1.54. The molecule has 182 valence electrons. The first-order valence-electron chi connectivity index (χ1n) is 10.4. The standard InChI is InChI=1S/C19H25N3O2S2.C2HF3O2/c1-15(2)7-10-22-19(16-5-3-4-6-17(16)26(22,23)24)8-11-21(14-19)13-18-20-9-12-25-18;3-2(4,5)1(6)7/h3-6,9,12,15H,7-8,10-11,13-14H2,1-2H3;(H,6,7). The third-order valence-electron chi connectivity index (χ3n) is 5.76. The molecule has 1 atom stereocenters. The van der Waals surface area contributed by atoms with Crippen LogP contribution in [0.1, 0.15) is 37.3 Å². The summed E-state index contributed by atoms with van der Waals surface area (Å²) < 4.78 is 60.1. The van der Waals surface area contributed by atoms with Crippen LogP contribution in [0.2, 0.25) is 0 Å². The van der Waals surface area contributed by atoms with Crippen molar-refractivity contribution in [2.24, 2.45) is 5.92 Å². The number of aliphatic carboxylic acids is 1. The Balaban J connectivity index is 0.000000383. The van der Waals surface area contributed by atoms with Gasteiger partial charge in [-0.3, -0.25) is 4.90 Å². The summed E-state index contributed by atoms with van der Waals surface area (Å²) in [6, 6.07) is 7.57. The minimum Gasteiger partial charge on any atom is -0.475 e. The van der Waals surface area contributed by atoms with Crippen LogP contribution in [0.5, 0.6) is 0 Å². The summed E-state index contributed by atoms with van der Waals surface area (Å²) in [5.41, 5.74) is 0.548. The Labute approximate surface area is 194 Å². The fourth-order valence-electron chi connectivity index (χ4n) is 4.22. The molecule has 33 heavy (non-hydrogen) atoms. The number of halogens is 3. The molecule has 1 unspecified atom stereocenters. The lowest BCUT2D eigenvalue weighted by Crippen LogP contribution is -2.46. The van der Waals surface area contributed by atoms with E-state index in [1.54, 1.807) is 21.7 Å². The van der Waals surface area contributed by atoms with Crippen LogP contribution >= 0.6 is 11.3 Å². The molecule has 0 bridgehead atoms. The van der Waals surface area contributed by atoms with E-state index in [1.807, 2.05) is 29.8 Å². The van der Waals surface area contributed by atoms with Crippen molar-refractivity contribution in [1.82, 2.24) is 14.2 Å². The maximum Gasteiger partial charge on any atom is 0.490 e. The second-order valence-corrected chi connectivity index (χ2v) is 11.3. The number of nitrogens with zero attached hydrogens (tertiary/aromatic N) is 3. The van der Waals surface area contributed by atoms with E-state index in [-0.39, 0.29) is 0 Å². The van der Waals surface area contributed by atoms with Gasteiger partial charge in [-0.25, -0.2) is 18.2 Å². The van der Waals surface area contributed by atoms with E-state index in [0.29, 0.717) is 17.4 Å². The highest BCUT2D eigenvalue weighted by atomic mass is 32.2. The second-order valence-electron chi connectivity index (χ2n) is 8.48. The van der Waals surface area contributed by atoms with E-state index in [4.69, 9.17) is 9.90 Å². The van der Waals surface area contributed by atoms with Gasteiger partial charge < -0.3 is 5.11 Å². The zero-order valence-electron chi connectivity index (χ0n) is 18.2. The Morgan fingerprint density at radius 1 is 1.30 bits per heavy atom. The van der Waals surface area contributed by atoms with Gasteiger partial charge in [0.2, 0.25) is 10.0 Å². The number of aromatic nitrogens is 1. The van der Waals surface area contributed by atoms with Crippen molar-refractivity contribution in [1.29, 1.82) is 0 Å². The summed E-state index contributed by atoms with van der Waals surface area (Å²) in [5.74, 6) is -2.29. The molecule has 0 amide bonds. The van der Waals surface area contributed by atoms with Crippen molar-refractivity contribution in [2.75, 3.05) is 19.6 Å². The Bertz CT molecular complexity index is 1070. The maximum absolute atomic E-state index is 13.3. The highest BCUT2D eigenvalue weighted by Gasteiger charge is 2.56. The van der Waals surface area contributed by atoms with Crippen LogP contribution in [0.15, 0.2) is 40.7 Å². The van der Waals surface area contributed by atoms with Crippen LogP contribution in [0.4, 0.5) is 13.2 Å². The van der Waals surface area contributed by atoms with Crippen molar-refractivity contribution in [3.8, 4) is 0 Å². The summed E-state index contributed by atoms with van der Waals surface area (Å²) in [6.45, 7) is 7.29. The lowest BCUT2D eigenvalue weighted by Gasteiger charge is -2.34. The molecule has 12 heteroatoms. The molecule has 0 radical (unpaired) electrons. The first-order chi connectivity index (χ1) is 15.4. The fraction of sp³-hybridized carbons (Fsp3) is 0.524. The highest BCUT2D eigenvalue weighted by Crippen LogP contribution is 2.49. The molecule has 3 heterocycles. The topological polar surface area (TPSA) is 90.8 Å². The normalized spacial score (nSPS) is 22.4. The van der Waals surface area contributed by atoms with Gasteiger partial charge in [-0.2, -0.15) is 17.5 Å². The number of carbonyl (C=O) groups is 1. The van der Waals surface area contributed by atoms with E-state index in [9.17, 15) is 21.6 Å². The second kappa shape index (κ2) is 9.69. The molecule has 1 N–H and O–H groups in total. The van der Waals surface area contributed by atoms with Crippen LogP contribution in [0, 0.1) is 5.92 Å². The van der Waals surface area contributed by atoms with Crippen molar-refractivity contribution in [2.45, 2.75) is 49.8 Å². The largest absolute Gasteiger partial charge is 0.490 e. The van der Waals surface area contributed by atoms with E-state index in [2.05, 4.69) is 23.7 Å². The van der Waals surface area contributed by atoms with Gasteiger partial charge in [0.25, 0.3) is 0 Å². The minimum absolute atomic E-state index is 0.429. The monoisotopic (exact) mass is 505 g/mol. The average Bonchev–Trinajstić information content (AvgIpc) is 3.42. The zero-order valence-corrected chi connectivity index (χ0v) is 19.9. The third kappa shape index (κ3) is 5.39. The number of hydrogen-bond acceptors (Lipinski definition) is 6. The number of carboxylic acids is 1. The summed E-state index contributed by atoms with van der Waals surface area (Å²) in [7, 11) is -3.43. The van der Waals surface area contributed by atoms with E-state index < -0.39 is 27.7 Å². The Morgan fingerprint density at radius 2 is 1.97 bits per heavy atom. The molecule has 0 aliphatic carbocycles. The first kappa shape index (κ1) is 25.6. The van der Waals surface area contributed by atoms with E-state index >= 15 is 0 Å². The Morgan fingerprint density at radius 3 is 2.55 bits per heavy atom. The van der Waals surface area contributed by atoms with Crippen LogP contribution in [-0.2, 0) is 26.9 Å². The molecule has 7 nitrogen and oxygen atoms in total. The van der Waals surface area contributed by atoms with Gasteiger partial charge in [0.1, 0.15) is 5.01 Å². The van der Waals surface area contributed by atoms with Gasteiger partial charge in [-0.1, -0.05) is 32.0 Å². The molecule has 4 rings (SSSR count). The number of benzene rings is 1. The van der Waals surface area contributed by atoms with Crippen molar-refractivity contribution in [3.05, 3.63) is 46.4 Å². The zero-order chi connectivity index (χ0) is 24.4. The Kier molecular flexibility index (Phi) is 7.52. The molecule has 1 saturated heterocycles. The molecule has 2 aliphatic heterocycles. The lowest BCUT2D eigenvalue weighted by atomic mass is 9.88. The number of sulfonamides is 1. The van der Waals surface area contributed by atoms with Gasteiger partial charge in [0.15, 0.2) is 0 Å². The maximum atomic E-state index is 13.3. The SMILES string of the molecule is CC(C)CCN1C2(CCN(Cc3nccs3)C2)c2ccccc2S1(=O)=O.O=C(O)C(F)(F)F. The predicted octanol–water partition coefficient (Wildman–Crippen LogP) is 3.93. The Hall–Kier alpha value is -2.02. The van der Waals surface area contributed by atoms with Crippen molar-refractivity contribution >= 4 is 27.3 Å². The number of fused-ring (bicyclic) bond motifs is 2. The molecule has 2 aliphatic rings. The molecular weight excluding hydrogens is 479 g/mol. The molecule has 1 spiro atoms. The van der Waals surface area contributed by atoms with Crippen LogP contribution in [0.25, 0.3) is 0 Å². The van der Waals surface area contributed by atoms with Gasteiger partial charge in [-0.05, 0) is 30.4 Å². The number of carboxylic acid groups (broad SMARTS) is 1. The summed E-state index contributed by atoms with van der Waals surface area (Å²) in [5, 5.41) is 10.2. The number of rotatable bonds is 5. The molecule has 1 aromatic heterocycles. The number of hydrogen-bond donors (Lipinski definition) is 1. The fourth-order valence-corrected chi connectivity index (χ4v) is 6.96. The molecule has 2 aromatic rings. The number of thiazole rings is 1. The van der Waals surface area contributed by atoms with Crippen LogP contribution < -0.4 is 0 Å². The van der Waals surface area contributed by atoms with E-state index in [1.165, 1.54) is 0 Å². The van der Waals surface area contributed by atoms with E-state index in [0.717, 1.165) is 43.0 Å². The third-order valence-corrected chi connectivity index (χ3v) is 8.54. The molecule has 1 aromatic carbocycles. The summed E-state index contributed by atoms with van der Waals surface area (Å²) >= 11 is 1.66. The molecule has 1 fully saturated rings. The number of alkyl halides is 3. The quantitative estimate of drug-likeness (QED) is 0.662. The smallest absolute Gasteiger partial charge is 0.475 e. The van der Waals surface area contributed by atoms with Gasteiger partial charge in [0, 0.05) is 31.2 Å². The average molecular weight is 506 g/mol. The first-order valence-corrected chi connectivity index (χ1v) is 12.7. The molecule has 0 saturated carbocycles. The van der Waals surface area contributed by atoms with Crippen LogP contribution in [-0.4, -0.2) is 59.5 Å². The predicted molar refractivity (Wildman–Crippen MR) is 117 cm³/mol. The van der Waals surface area contributed by atoms with Crippen LogP contribution in [0.3, 0.4) is 0 Å². The molecular formula is C21H26F3N3O4S2. The summed E-state index contributed by atoms with van der Waals surface area (Å²) in [4.78, 5) is 16.1. The van der Waals surface area contributed by atoms with Gasteiger partial charge >= 0.3 is 12.1 Å².